The van der Waals surface area contributed by atoms with E-state index in [4.69, 9.17) is 0 Å². The van der Waals surface area contributed by atoms with E-state index in [1.807, 2.05) is 0 Å². The van der Waals surface area contributed by atoms with Gasteiger partial charge in [0, 0.05) is 20.3 Å². The van der Waals surface area contributed by atoms with Crippen LogP contribution in [0.2, 0.25) is 0 Å². The summed E-state index contributed by atoms with van der Waals surface area (Å²) in [4.78, 5) is 3.20. The molecule has 1 aromatic rings. The van der Waals surface area contributed by atoms with Crippen molar-refractivity contribution in [2.75, 3.05) is 0 Å². The molecule has 2 unspecified atom stereocenters. The molecule has 1 aromatic carbocycles. The van der Waals surface area contributed by atoms with Crippen LogP contribution >= 0.6 is 23.5 Å². The van der Waals surface area contributed by atoms with Crippen molar-refractivity contribution < 1.29 is 0 Å². The van der Waals surface area contributed by atoms with Gasteiger partial charge in [-0.2, -0.15) is 0 Å². The molecule has 0 spiro atoms. The van der Waals surface area contributed by atoms with Crippen LogP contribution in [0.3, 0.4) is 0 Å². The van der Waals surface area contributed by atoms with Crippen LogP contribution in [0.5, 0.6) is 0 Å². The SMILES string of the molecule is CC1Cc2ccc3c(c2S1)SC(C)C3. The van der Waals surface area contributed by atoms with E-state index in [1.165, 1.54) is 12.8 Å². The zero-order chi connectivity index (χ0) is 9.71. The first-order valence-corrected chi connectivity index (χ1v) is 6.98. The Morgan fingerprint density at radius 1 is 0.929 bits per heavy atom. The van der Waals surface area contributed by atoms with Crippen LogP contribution < -0.4 is 0 Å². The van der Waals surface area contributed by atoms with Gasteiger partial charge in [-0.05, 0) is 24.0 Å². The number of fused-ring (bicyclic) bond motifs is 3. The molecule has 2 atom stereocenters. The Kier molecular flexibility index (Phi) is 2.10. The number of thioether (sulfide) groups is 2. The van der Waals surface area contributed by atoms with Crippen LogP contribution in [-0.4, -0.2) is 10.5 Å². The second-order valence-electron chi connectivity index (χ2n) is 4.31. The molecule has 74 valence electrons. The predicted octanol–water partition coefficient (Wildman–Crippen LogP) is 3.76. The average Bonchev–Trinajstić information content (AvgIpc) is 2.65. The first kappa shape index (κ1) is 9.17. The second-order valence-corrected chi connectivity index (χ2v) is 7.20. The van der Waals surface area contributed by atoms with Crippen LogP contribution in [0.25, 0.3) is 0 Å². The van der Waals surface area contributed by atoms with E-state index < -0.39 is 0 Å². The van der Waals surface area contributed by atoms with Gasteiger partial charge < -0.3 is 0 Å². The Balaban J connectivity index is 2.11. The minimum Gasteiger partial charge on any atom is -0.121 e. The summed E-state index contributed by atoms with van der Waals surface area (Å²) < 4.78 is 0. The molecule has 0 bridgehead atoms. The van der Waals surface area contributed by atoms with Gasteiger partial charge in [-0.25, -0.2) is 0 Å². The van der Waals surface area contributed by atoms with Crippen molar-refractivity contribution in [3.8, 4) is 0 Å². The van der Waals surface area contributed by atoms with Crippen molar-refractivity contribution in [2.24, 2.45) is 0 Å². The average molecular weight is 222 g/mol. The molecule has 0 N–H and O–H groups in total. The first-order valence-electron chi connectivity index (χ1n) is 5.22. The normalized spacial score (nSPS) is 29.0. The smallest absolute Gasteiger partial charge is 0.0246 e. The van der Waals surface area contributed by atoms with E-state index >= 15 is 0 Å². The minimum atomic E-state index is 0.785. The van der Waals surface area contributed by atoms with Crippen LogP contribution in [-0.2, 0) is 12.8 Å². The van der Waals surface area contributed by atoms with Gasteiger partial charge in [0.1, 0.15) is 0 Å². The molecule has 0 nitrogen and oxygen atoms in total. The van der Waals surface area contributed by atoms with Crippen molar-refractivity contribution in [2.45, 2.75) is 47.0 Å². The molecule has 2 aliphatic rings. The van der Waals surface area contributed by atoms with Crippen molar-refractivity contribution in [3.63, 3.8) is 0 Å². The number of hydrogen-bond donors (Lipinski definition) is 0. The quantitative estimate of drug-likeness (QED) is 0.655. The molecule has 2 aliphatic heterocycles. The fourth-order valence-electron chi connectivity index (χ4n) is 2.33. The zero-order valence-electron chi connectivity index (χ0n) is 8.54. The molecular formula is C12H14S2. The third-order valence-electron chi connectivity index (χ3n) is 2.93. The Morgan fingerprint density at radius 3 is 1.79 bits per heavy atom. The van der Waals surface area contributed by atoms with Crippen LogP contribution in [0.1, 0.15) is 25.0 Å². The summed E-state index contributed by atoms with van der Waals surface area (Å²) >= 11 is 4.16. The van der Waals surface area contributed by atoms with Gasteiger partial charge >= 0.3 is 0 Å². The maximum absolute atomic E-state index is 2.35. The van der Waals surface area contributed by atoms with Gasteiger partial charge in [-0.3, -0.25) is 0 Å². The summed E-state index contributed by atoms with van der Waals surface area (Å²) in [5.74, 6) is 0. The molecule has 0 aromatic heterocycles. The summed E-state index contributed by atoms with van der Waals surface area (Å²) in [6, 6.07) is 4.70. The van der Waals surface area contributed by atoms with Crippen molar-refractivity contribution >= 4 is 23.5 Å². The van der Waals surface area contributed by atoms with Gasteiger partial charge in [0.25, 0.3) is 0 Å². The monoisotopic (exact) mass is 222 g/mol. The fraction of sp³-hybridized carbons (Fsp3) is 0.500. The second kappa shape index (κ2) is 3.21. The van der Waals surface area contributed by atoms with Crippen LogP contribution in [0, 0.1) is 0 Å². The Labute approximate surface area is 93.9 Å². The topological polar surface area (TPSA) is 0 Å². The molecule has 0 fully saturated rings. The lowest BCUT2D eigenvalue weighted by Gasteiger charge is -2.04. The molecule has 0 amide bonds. The lowest BCUT2D eigenvalue weighted by atomic mass is 10.1. The van der Waals surface area contributed by atoms with Crippen LogP contribution in [0.4, 0.5) is 0 Å². The summed E-state index contributed by atoms with van der Waals surface area (Å²) in [7, 11) is 0. The van der Waals surface area contributed by atoms with E-state index in [2.05, 4.69) is 49.5 Å². The zero-order valence-corrected chi connectivity index (χ0v) is 10.2. The highest BCUT2D eigenvalue weighted by Gasteiger charge is 2.28. The summed E-state index contributed by atoms with van der Waals surface area (Å²) in [6.45, 7) is 4.67. The Morgan fingerprint density at radius 2 is 1.36 bits per heavy atom. The highest BCUT2D eigenvalue weighted by Crippen LogP contribution is 2.49. The molecule has 2 heteroatoms. The van der Waals surface area contributed by atoms with Crippen molar-refractivity contribution in [1.29, 1.82) is 0 Å². The van der Waals surface area contributed by atoms with E-state index in [0.29, 0.717) is 0 Å². The molecule has 14 heavy (non-hydrogen) atoms. The summed E-state index contributed by atoms with van der Waals surface area (Å²) in [5.41, 5.74) is 3.17. The molecule has 0 aliphatic carbocycles. The molecule has 0 radical (unpaired) electrons. The van der Waals surface area contributed by atoms with Gasteiger partial charge in [0.2, 0.25) is 0 Å². The molecular weight excluding hydrogens is 208 g/mol. The summed E-state index contributed by atoms with van der Waals surface area (Å²) in [6.07, 6.45) is 2.53. The van der Waals surface area contributed by atoms with E-state index in [-0.39, 0.29) is 0 Å². The first-order chi connectivity index (χ1) is 6.74. The Hall–Kier alpha value is -0.0800. The van der Waals surface area contributed by atoms with Crippen molar-refractivity contribution in [3.05, 3.63) is 23.3 Å². The van der Waals surface area contributed by atoms with Gasteiger partial charge in [-0.15, -0.1) is 23.5 Å². The highest BCUT2D eigenvalue weighted by molar-refractivity contribution is 8.03. The fourth-order valence-corrected chi connectivity index (χ4v) is 5.03. The van der Waals surface area contributed by atoms with E-state index in [0.717, 1.165) is 10.5 Å². The lowest BCUT2D eigenvalue weighted by Crippen LogP contribution is -1.92. The lowest BCUT2D eigenvalue weighted by molar-refractivity contribution is 0.928. The molecule has 0 saturated heterocycles. The Bertz CT molecular complexity index is 347. The maximum atomic E-state index is 2.35. The van der Waals surface area contributed by atoms with Gasteiger partial charge in [0.15, 0.2) is 0 Å². The van der Waals surface area contributed by atoms with Gasteiger partial charge in [0.05, 0.1) is 0 Å². The predicted molar refractivity (Wildman–Crippen MR) is 64.5 cm³/mol. The van der Waals surface area contributed by atoms with E-state index in [9.17, 15) is 0 Å². The number of rotatable bonds is 0. The molecule has 2 heterocycles. The molecule has 0 saturated carbocycles. The largest absolute Gasteiger partial charge is 0.121 e. The highest BCUT2D eigenvalue weighted by atomic mass is 32.2. The summed E-state index contributed by atoms with van der Waals surface area (Å²) in [5, 5.41) is 1.57. The third kappa shape index (κ3) is 1.31. The number of benzene rings is 1. The van der Waals surface area contributed by atoms with Gasteiger partial charge in [-0.1, -0.05) is 26.0 Å². The standard InChI is InChI=1S/C12H14S2/c1-7-5-9-3-4-10-6-8(2)14-12(10)11(9)13-7/h3-4,7-8H,5-6H2,1-2H3. The number of hydrogen-bond acceptors (Lipinski definition) is 2. The molecule has 3 rings (SSSR count). The maximum Gasteiger partial charge on any atom is 0.0246 e. The van der Waals surface area contributed by atoms with E-state index in [1.54, 1.807) is 20.9 Å². The third-order valence-corrected chi connectivity index (χ3v) is 5.60. The minimum absolute atomic E-state index is 0.785. The van der Waals surface area contributed by atoms with Crippen molar-refractivity contribution in [1.82, 2.24) is 0 Å². The van der Waals surface area contributed by atoms with Crippen LogP contribution in [0.15, 0.2) is 21.9 Å².